The van der Waals surface area contributed by atoms with Gasteiger partial charge in [-0.05, 0) is 33.4 Å². The van der Waals surface area contributed by atoms with Gasteiger partial charge in [0.25, 0.3) is 0 Å². The highest BCUT2D eigenvalue weighted by molar-refractivity contribution is 7.11. The largest absolute Gasteiger partial charge is 0.309 e. The van der Waals surface area contributed by atoms with Crippen molar-refractivity contribution < 1.29 is 0 Å². The molecule has 1 aromatic carbocycles. The van der Waals surface area contributed by atoms with E-state index in [-0.39, 0.29) is 6.04 Å². The highest BCUT2D eigenvalue weighted by Crippen LogP contribution is 2.29. The summed E-state index contributed by atoms with van der Waals surface area (Å²) in [6.07, 6.45) is 0. The molecule has 0 radical (unpaired) electrons. The van der Waals surface area contributed by atoms with E-state index in [1.807, 2.05) is 7.05 Å². The molecule has 0 aliphatic carbocycles. The van der Waals surface area contributed by atoms with Crippen LogP contribution < -0.4 is 5.32 Å². The van der Waals surface area contributed by atoms with Gasteiger partial charge in [-0.3, -0.25) is 0 Å². The topological polar surface area (TPSA) is 24.9 Å². The third kappa shape index (κ3) is 2.56. The minimum absolute atomic E-state index is 0.251. The first kappa shape index (κ1) is 12.3. The summed E-state index contributed by atoms with van der Waals surface area (Å²) in [5.74, 6) is 0. The maximum atomic E-state index is 4.51. The monoisotopic (exact) mass is 246 g/mol. The number of benzene rings is 1. The van der Waals surface area contributed by atoms with Gasteiger partial charge in [-0.15, -0.1) is 11.3 Å². The van der Waals surface area contributed by atoms with Crippen molar-refractivity contribution in [2.75, 3.05) is 7.05 Å². The van der Waals surface area contributed by atoms with Gasteiger partial charge in [0.1, 0.15) is 0 Å². The minimum Gasteiger partial charge on any atom is -0.309 e. The zero-order chi connectivity index (χ0) is 12.4. The summed E-state index contributed by atoms with van der Waals surface area (Å²) >= 11 is 1.77. The lowest BCUT2D eigenvalue weighted by molar-refractivity contribution is 0.697. The number of nitrogens with zero attached hydrogens (tertiary/aromatic N) is 1. The number of aromatic nitrogens is 1. The Morgan fingerprint density at radius 3 is 2.53 bits per heavy atom. The van der Waals surface area contributed by atoms with Crippen LogP contribution in [0.1, 0.15) is 32.7 Å². The Labute approximate surface area is 107 Å². The van der Waals surface area contributed by atoms with Crippen molar-refractivity contribution in [3.8, 4) is 0 Å². The Balaban J connectivity index is 2.43. The smallest absolute Gasteiger partial charge is 0.0900 e. The molecule has 0 amide bonds. The van der Waals surface area contributed by atoms with Crippen molar-refractivity contribution in [3.63, 3.8) is 0 Å². The standard InChI is InChI=1S/C14H18N2S/c1-9-6-5-7-12(8-9)13(15-4)14-10(2)16-11(3)17-14/h5-8,13,15H,1-4H3. The molecule has 1 atom stereocenters. The SMILES string of the molecule is CNC(c1cccc(C)c1)c1sc(C)nc1C. The van der Waals surface area contributed by atoms with E-state index in [1.54, 1.807) is 11.3 Å². The zero-order valence-electron chi connectivity index (χ0n) is 10.7. The number of hydrogen-bond donors (Lipinski definition) is 1. The average Bonchev–Trinajstić information content (AvgIpc) is 2.59. The lowest BCUT2D eigenvalue weighted by Crippen LogP contribution is -2.17. The van der Waals surface area contributed by atoms with Crippen LogP contribution in [-0.2, 0) is 0 Å². The molecule has 90 valence electrons. The molecule has 1 unspecified atom stereocenters. The van der Waals surface area contributed by atoms with Gasteiger partial charge < -0.3 is 5.32 Å². The summed E-state index contributed by atoms with van der Waals surface area (Å²) in [6, 6.07) is 8.89. The normalized spacial score (nSPS) is 12.7. The summed E-state index contributed by atoms with van der Waals surface area (Å²) in [6.45, 7) is 6.27. The second-order valence-corrected chi connectivity index (χ2v) is 5.55. The minimum atomic E-state index is 0.251. The number of hydrogen-bond acceptors (Lipinski definition) is 3. The zero-order valence-corrected chi connectivity index (χ0v) is 11.6. The van der Waals surface area contributed by atoms with Crippen LogP contribution >= 0.6 is 11.3 Å². The molecule has 17 heavy (non-hydrogen) atoms. The van der Waals surface area contributed by atoms with E-state index in [1.165, 1.54) is 16.0 Å². The first-order chi connectivity index (χ1) is 8.11. The summed E-state index contributed by atoms with van der Waals surface area (Å²) in [5.41, 5.74) is 3.73. The Kier molecular flexibility index (Phi) is 3.60. The number of nitrogens with one attached hydrogen (secondary N) is 1. The van der Waals surface area contributed by atoms with E-state index in [2.05, 4.69) is 55.3 Å². The van der Waals surface area contributed by atoms with Crippen molar-refractivity contribution in [3.05, 3.63) is 51.0 Å². The highest BCUT2D eigenvalue weighted by Gasteiger charge is 2.17. The van der Waals surface area contributed by atoms with Crippen molar-refractivity contribution in [1.82, 2.24) is 10.3 Å². The van der Waals surface area contributed by atoms with E-state index in [4.69, 9.17) is 0 Å². The van der Waals surface area contributed by atoms with Crippen LogP contribution in [0.25, 0.3) is 0 Å². The van der Waals surface area contributed by atoms with Crippen LogP contribution in [0.3, 0.4) is 0 Å². The Bertz CT molecular complexity index is 517. The molecule has 1 heterocycles. The summed E-state index contributed by atoms with van der Waals surface area (Å²) in [7, 11) is 2.00. The molecule has 0 fully saturated rings. The molecule has 3 heteroatoms. The first-order valence-corrected chi connectivity index (χ1v) is 6.61. The number of thiazole rings is 1. The Hall–Kier alpha value is -1.19. The van der Waals surface area contributed by atoms with Crippen molar-refractivity contribution >= 4 is 11.3 Å². The van der Waals surface area contributed by atoms with Gasteiger partial charge in [0.05, 0.1) is 16.7 Å². The lowest BCUT2D eigenvalue weighted by atomic mass is 10.0. The van der Waals surface area contributed by atoms with E-state index >= 15 is 0 Å². The molecule has 1 aromatic heterocycles. The van der Waals surface area contributed by atoms with Gasteiger partial charge in [0, 0.05) is 4.88 Å². The molecule has 0 bridgehead atoms. The molecule has 0 spiro atoms. The first-order valence-electron chi connectivity index (χ1n) is 5.79. The molecular weight excluding hydrogens is 228 g/mol. The van der Waals surface area contributed by atoms with Crippen LogP contribution in [0.5, 0.6) is 0 Å². The van der Waals surface area contributed by atoms with Gasteiger partial charge in [-0.25, -0.2) is 4.98 Å². The Morgan fingerprint density at radius 2 is 2.00 bits per heavy atom. The van der Waals surface area contributed by atoms with Crippen LogP contribution in [-0.4, -0.2) is 12.0 Å². The summed E-state index contributed by atoms with van der Waals surface area (Å²) in [5, 5.41) is 4.52. The second-order valence-electron chi connectivity index (χ2n) is 4.32. The molecule has 2 rings (SSSR count). The van der Waals surface area contributed by atoms with Crippen LogP contribution in [0.15, 0.2) is 24.3 Å². The van der Waals surface area contributed by atoms with Crippen LogP contribution in [0, 0.1) is 20.8 Å². The fourth-order valence-electron chi connectivity index (χ4n) is 2.11. The fraction of sp³-hybridized carbons (Fsp3) is 0.357. The van der Waals surface area contributed by atoms with Gasteiger partial charge in [-0.1, -0.05) is 29.8 Å². The van der Waals surface area contributed by atoms with Gasteiger partial charge in [0.2, 0.25) is 0 Å². The Morgan fingerprint density at radius 1 is 1.24 bits per heavy atom. The molecule has 0 saturated heterocycles. The number of aryl methyl sites for hydroxylation is 3. The summed E-state index contributed by atoms with van der Waals surface area (Å²) in [4.78, 5) is 5.82. The highest BCUT2D eigenvalue weighted by atomic mass is 32.1. The van der Waals surface area contributed by atoms with E-state index < -0.39 is 0 Å². The molecular formula is C14H18N2S. The van der Waals surface area contributed by atoms with E-state index in [0.29, 0.717) is 0 Å². The molecule has 2 aromatic rings. The van der Waals surface area contributed by atoms with Crippen molar-refractivity contribution in [2.24, 2.45) is 0 Å². The maximum Gasteiger partial charge on any atom is 0.0900 e. The fourth-order valence-corrected chi connectivity index (χ4v) is 3.18. The van der Waals surface area contributed by atoms with Crippen molar-refractivity contribution in [2.45, 2.75) is 26.8 Å². The van der Waals surface area contributed by atoms with E-state index in [0.717, 1.165) is 10.7 Å². The molecule has 0 aliphatic rings. The van der Waals surface area contributed by atoms with Gasteiger partial charge in [-0.2, -0.15) is 0 Å². The predicted octanol–water partition coefficient (Wildman–Crippen LogP) is 3.38. The predicted molar refractivity (Wildman–Crippen MR) is 73.7 cm³/mol. The quantitative estimate of drug-likeness (QED) is 0.898. The third-order valence-electron chi connectivity index (χ3n) is 2.87. The lowest BCUT2D eigenvalue weighted by Gasteiger charge is -2.16. The van der Waals surface area contributed by atoms with Gasteiger partial charge in [0.15, 0.2) is 0 Å². The third-order valence-corrected chi connectivity index (χ3v) is 4.00. The summed E-state index contributed by atoms with van der Waals surface area (Å²) < 4.78 is 0. The molecule has 2 nitrogen and oxygen atoms in total. The van der Waals surface area contributed by atoms with Crippen molar-refractivity contribution in [1.29, 1.82) is 0 Å². The maximum absolute atomic E-state index is 4.51. The van der Waals surface area contributed by atoms with Crippen LogP contribution in [0.4, 0.5) is 0 Å². The van der Waals surface area contributed by atoms with Crippen LogP contribution in [0.2, 0.25) is 0 Å². The van der Waals surface area contributed by atoms with Gasteiger partial charge >= 0.3 is 0 Å². The molecule has 1 N–H and O–H groups in total. The average molecular weight is 246 g/mol. The molecule has 0 saturated carbocycles. The number of rotatable bonds is 3. The van der Waals surface area contributed by atoms with E-state index in [9.17, 15) is 0 Å². The second kappa shape index (κ2) is 4.98. The molecule has 0 aliphatic heterocycles.